The lowest BCUT2D eigenvalue weighted by Crippen LogP contribution is -2.48. The van der Waals surface area contributed by atoms with Crippen LogP contribution in [0.5, 0.6) is 0 Å². The van der Waals surface area contributed by atoms with Crippen LogP contribution < -0.4 is 5.32 Å². The Kier molecular flexibility index (Phi) is 4.44. The molecule has 1 aliphatic heterocycles. The lowest BCUT2D eigenvalue weighted by molar-refractivity contribution is -0.0574. The molecule has 114 valence electrons. The molecule has 1 N–H and O–H groups in total. The number of carbonyl (C=O) groups excluding carboxylic acids is 1. The van der Waals surface area contributed by atoms with Crippen molar-refractivity contribution in [3.05, 3.63) is 35.9 Å². The summed E-state index contributed by atoms with van der Waals surface area (Å²) in [6, 6.07) is 9.98. The maximum Gasteiger partial charge on any atom is 0.407 e. The summed E-state index contributed by atoms with van der Waals surface area (Å²) in [6.45, 7) is 4.29. The zero-order chi connectivity index (χ0) is 14.7. The molecule has 1 saturated carbocycles. The van der Waals surface area contributed by atoms with E-state index in [2.05, 4.69) is 12.2 Å². The van der Waals surface area contributed by atoms with Gasteiger partial charge in [-0.05, 0) is 36.2 Å². The number of carbonyl (C=O) groups is 1. The zero-order valence-electron chi connectivity index (χ0n) is 12.5. The smallest absolute Gasteiger partial charge is 0.407 e. The van der Waals surface area contributed by atoms with Crippen molar-refractivity contribution in [2.75, 3.05) is 13.2 Å². The van der Waals surface area contributed by atoms with Crippen molar-refractivity contribution in [2.45, 2.75) is 32.4 Å². The molecule has 4 nitrogen and oxygen atoms in total. The van der Waals surface area contributed by atoms with Crippen LogP contribution in [-0.4, -0.2) is 25.3 Å². The summed E-state index contributed by atoms with van der Waals surface area (Å²) >= 11 is 0. The molecule has 1 heterocycles. The molecule has 2 unspecified atom stereocenters. The van der Waals surface area contributed by atoms with Gasteiger partial charge >= 0.3 is 6.09 Å². The SMILES string of the molecule is CC1C2COCC1CC(NC(=O)OCc1ccccc1)C2. The summed E-state index contributed by atoms with van der Waals surface area (Å²) in [4.78, 5) is 11.9. The molecular formula is C17H23NO3. The maximum atomic E-state index is 11.9. The Morgan fingerprint density at radius 1 is 1.24 bits per heavy atom. The molecule has 1 saturated heterocycles. The molecule has 1 aromatic rings. The number of benzene rings is 1. The second-order valence-electron chi connectivity index (χ2n) is 6.29. The number of hydrogen-bond donors (Lipinski definition) is 1. The van der Waals surface area contributed by atoms with Crippen LogP contribution in [0.1, 0.15) is 25.3 Å². The van der Waals surface area contributed by atoms with Crippen LogP contribution in [0, 0.1) is 17.8 Å². The summed E-state index contributed by atoms with van der Waals surface area (Å²) in [5.74, 6) is 1.84. The first-order valence-electron chi connectivity index (χ1n) is 7.77. The molecule has 0 radical (unpaired) electrons. The Hall–Kier alpha value is -1.55. The fourth-order valence-corrected chi connectivity index (χ4v) is 3.50. The van der Waals surface area contributed by atoms with E-state index < -0.39 is 0 Å². The Balaban J connectivity index is 1.47. The number of amides is 1. The molecule has 3 rings (SSSR count). The van der Waals surface area contributed by atoms with E-state index in [9.17, 15) is 4.79 Å². The van der Waals surface area contributed by atoms with E-state index in [-0.39, 0.29) is 12.1 Å². The highest BCUT2D eigenvalue weighted by molar-refractivity contribution is 5.67. The van der Waals surface area contributed by atoms with Gasteiger partial charge in [-0.25, -0.2) is 4.79 Å². The average Bonchev–Trinajstić information content (AvgIpc) is 2.47. The van der Waals surface area contributed by atoms with Crippen LogP contribution in [0.25, 0.3) is 0 Å². The summed E-state index contributed by atoms with van der Waals surface area (Å²) < 4.78 is 10.9. The van der Waals surface area contributed by atoms with Crippen LogP contribution in [-0.2, 0) is 16.1 Å². The molecule has 2 fully saturated rings. The van der Waals surface area contributed by atoms with Crippen LogP contribution in [0.15, 0.2) is 30.3 Å². The Labute approximate surface area is 125 Å². The van der Waals surface area contributed by atoms with Crippen molar-refractivity contribution in [2.24, 2.45) is 17.8 Å². The van der Waals surface area contributed by atoms with E-state index in [1.165, 1.54) is 0 Å². The van der Waals surface area contributed by atoms with Crippen molar-refractivity contribution in [3.8, 4) is 0 Å². The van der Waals surface area contributed by atoms with Crippen LogP contribution in [0.2, 0.25) is 0 Å². The highest BCUT2D eigenvalue weighted by Crippen LogP contribution is 2.38. The fourth-order valence-electron chi connectivity index (χ4n) is 3.50. The second-order valence-corrected chi connectivity index (χ2v) is 6.29. The molecular weight excluding hydrogens is 266 g/mol. The van der Waals surface area contributed by atoms with Crippen LogP contribution in [0.3, 0.4) is 0 Å². The van der Waals surface area contributed by atoms with Gasteiger partial charge in [-0.1, -0.05) is 37.3 Å². The third kappa shape index (κ3) is 3.56. The summed E-state index contributed by atoms with van der Waals surface area (Å²) in [5, 5.41) is 3.02. The van der Waals surface area contributed by atoms with Gasteiger partial charge in [-0.2, -0.15) is 0 Å². The summed E-state index contributed by atoms with van der Waals surface area (Å²) in [6.07, 6.45) is 1.69. The third-order valence-electron chi connectivity index (χ3n) is 4.86. The number of rotatable bonds is 3. The van der Waals surface area contributed by atoms with Crippen molar-refractivity contribution < 1.29 is 14.3 Å². The van der Waals surface area contributed by atoms with E-state index in [0.29, 0.717) is 24.4 Å². The predicted molar refractivity (Wildman–Crippen MR) is 79.7 cm³/mol. The van der Waals surface area contributed by atoms with Crippen molar-refractivity contribution in [1.29, 1.82) is 0 Å². The summed E-state index contributed by atoms with van der Waals surface area (Å²) in [5.41, 5.74) is 1.01. The van der Waals surface area contributed by atoms with E-state index in [0.717, 1.165) is 31.6 Å². The minimum absolute atomic E-state index is 0.225. The van der Waals surface area contributed by atoms with E-state index >= 15 is 0 Å². The lowest BCUT2D eigenvalue weighted by atomic mass is 9.70. The quantitative estimate of drug-likeness (QED) is 0.930. The van der Waals surface area contributed by atoms with E-state index in [4.69, 9.17) is 9.47 Å². The number of hydrogen-bond acceptors (Lipinski definition) is 3. The second kappa shape index (κ2) is 6.48. The van der Waals surface area contributed by atoms with Crippen molar-refractivity contribution in [1.82, 2.24) is 5.32 Å². The molecule has 0 spiro atoms. The third-order valence-corrected chi connectivity index (χ3v) is 4.86. The number of nitrogens with one attached hydrogen (secondary N) is 1. The molecule has 1 aliphatic carbocycles. The summed E-state index contributed by atoms with van der Waals surface area (Å²) in [7, 11) is 0. The normalized spacial score (nSPS) is 31.5. The molecule has 2 bridgehead atoms. The van der Waals surface area contributed by atoms with Crippen LogP contribution >= 0.6 is 0 Å². The van der Waals surface area contributed by atoms with Crippen molar-refractivity contribution in [3.63, 3.8) is 0 Å². The first-order chi connectivity index (χ1) is 10.2. The number of fused-ring (bicyclic) bond motifs is 2. The van der Waals surface area contributed by atoms with Gasteiger partial charge in [0.25, 0.3) is 0 Å². The predicted octanol–water partition coefficient (Wildman–Crippen LogP) is 2.97. The Morgan fingerprint density at radius 2 is 1.90 bits per heavy atom. The standard InChI is InChI=1S/C17H23NO3/c1-12-14-7-16(8-15(12)11-20-10-14)18-17(19)21-9-13-5-3-2-4-6-13/h2-6,12,14-16H,7-11H2,1H3,(H,18,19). The molecule has 4 heteroatoms. The first-order valence-corrected chi connectivity index (χ1v) is 7.77. The largest absolute Gasteiger partial charge is 0.445 e. The van der Waals surface area contributed by atoms with Gasteiger partial charge in [0, 0.05) is 19.3 Å². The molecule has 1 amide bonds. The lowest BCUT2D eigenvalue weighted by Gasteiger charge is -2.44. The molecule has 1 aromatic carbocycles. The molecule has 2 aliphatic rings. The van der Waals surface area contributed by atoms with Gasteiger partial charge in [0.1, 0.15) is 6.61 Å². The zero-order valence-corrected chi connectivity index (χ0v) is 12.5. The van der Waals surface area contributed by atoms with Crippen molar-refractivity contribution >= 4 is 6.09 Å². The van der Waals surface area contributed by atoms with Gasteiger partial charge < -0.3 is 14.8 Å². The highest BCUT2D eigenvalue weighted by Gasteiger charge is 2.38. The van der Waals surface area contributed by atoms with Crippen LogP contribution in [0.4, 0.5) is 4.79 Å². The highest BCUT2D eigenvalue weighted by atomic mass is 16.5. The van der Waals surface area contributed by atoms with Gasteiger partial charge in [-0.15, -0.1) is 0 Å². The number of alkyl carbamates (subject to hydrolysis) is 1. The monoisotopic (exact) mass is 289 g/mol. The average molecular weight is 289 g/mol. The fraction of sp³-hybridized carbons (Fsp3) is 0.588. The Morgan fingerprint density at radius 3 is 2.57 bits per heavy atom. The molecule has 21 heavy (non-hydrogen) atoms. The van der Waals surface area contributed by atoms with E-state index in [1.807, 2.05) is 30.3 Å². The minimum Gasteiger partial charge on any atom is -0.445 e. The molecule has 0 aromatic heterocycles. The first kappa shape index (κ1) is 14.4. The maximum absolute atomic E-state index is 11.9. The van der Waals surface area contributed by atoms with E-state index in [1.54, 1.807) is 0 Å². The van der Waals surface area contributed by atoms with Gasteiger partial charge in [0.15, 0.2) is 0 Å². The van der Waals surface area contributed by atoms with Gasteiger partial charge in [0.2, 0.25) is 0 Å². The van der Waals surface area contributed by atoms with Gasteiger partial charge in [0.05, 0.1) is 0 Å². The molecule has 2 atom stereocenters. The number of ether oxygens (including phenoxy) is 2. The Bertz CT molecular complexity index is 462. The topological polar surface area (TPSA) is 47.6 Å². The minimum atomic E-state index is -0.308. The van der Waals surface area contributed by atoms with Gasteiger partial charge in [-0.3, -0.25) is 0 Å².